The maximum atomic E-state index is 5.97. The van der Waals surface area contributed by atoms with Crippen LogP contribution in [0.15, 0.2) is 22.7 Å². The maximum Gasteiger partial charge on any atom is 0.0347 e. The van der Waals surface area contributed by atoms with Crippen molar-refractivity contribution in [2.45, 2.75) is 25.7 Å². The van der Waals surface area contributed by atoms with Crippen molar-refractivity contribution in [3.63, 3.8) is 0 Å². The molecule has 1 aromatic rings. The molecule has 1 saturated heterocycles. The zero-order valence-corrected chi connectivity index (χ0v) is 11.1. The molecule has 0 aliphatic carbocycles. The molecule has 1 atom stereocenters. The van der Waals surface area contributed by atoms with Crippen molar-refractivity contribution in [1.29, 1.82) is 0 Å². The number of nitrogens with two attached hydrogens (primary N) is 1. The predicted molar refractivity (Wildman–Crippen MR) is 72.5 cm³/mol. The van der Waals surface area contributed by atoms with Gasteiger partial charge in [0.25, 0.3) is 0 Å². The van der Waals surface area contributed by atoms with Crippen LogP contribution in [-0.2, 0) is 6.42 Å². The van der Waals surface area contributed by atoms with E-state index < -0.39 is 0 Å². The summed E-state index contributed by atoms with van der Waals surface area (Å²) in [6.45, 7) is 2.36. The van der Waals surface area contributed by atoms with E-state index in [0.717, 1.165) is 22.5 Å². The van der Waals surface area contributed by atoms with Crippen molar-refractivity contribution < 1.29 is 0 Å². The van der Waals surface area contributed by atoms with Crippen molar-refractivity contribution in [3.05, 3.63) is 28.2 Å². The van der Waals surface area contributed by atoms with E-state index in [1.54, 1.807) is 0 Å². The summed E-state index contributed by atoms with van der Waals surface area (Å²) in [7, 11) is 0. The molecule has 0 radical (unpaired) electrons. The Labute approximate surface area is 106 Å². The average Bonchev–Trinajstić information content (AvgIpc) is 2.32. The van der Waals surface area contributed by atoms with E-state index in [1.165, 1.54) is 37.9 Å². The molecule has 1 unspecified atom stereocenters. The van der Waals surface area contributed by atoms with Gasteiger partial charge in [-0.15, -0.1) is 0 Å². The molecule has 1 aliphatic heterocycles. The van der Waals surface area contributed by atoms with Gasteiger partial charge in [-0.3, -0.25) is 0 Å². The first kappa shape index (κ1) is 11.9. The van der Waals surface area contributed by atoms with E-state index >= 15 is 0 Å². The molecule has 0 bridgehead atoms. The molecule has 2 rings (SSSR count). The van der Waals surface area contributed by atoms with Crippen LogP contribution < -0.4 is 11.1 Å². The Morgan fingerprint density at radius 2 is 2.31 bits per heavy atom. The molecule has 0 aromatic heterocycles. The summed E-state index contributed by atoms with van der Waals surface area (Å²) in [5, 5.41) is 3.46. The molecular weight excluding hydrogens is 264 g/mol. The fourth-order valence-electron chi connectivity index (χ4n) is 2.32. The van der Waals surface area contributed by atoms with Gasteiger partial charge in [0.2, 0.25) is 0 Å². The lowest BCUT2D eigenvalue weighted by Gasteiger charge is -2.22. The zero-order chi connectivity index (χ0) is 11.4. The van der Waals surface area contributed by atoms with Gasteiger partial charge in [0, 0.05) is 10.2 Å². The number of aryl methyl sites for hydroxylation is 1. The van der Waals surface area contributed by atoms with Crippen LogP contribution in [0.3, 0.4) is 0 Å². The number of nitrogen functional groups attached to an aromatic ring is 1. The van der Waals surface area contributed by atoms with Crippen LogP contribution in [0, 0.1) is 5.92 Å². The van der Waals surface area contributed by atoms with Crippen LogP contribution in [0.1, 0.15) is 24.8 Å². The van der Waals surface area contributed by atoms with Crippen molar-refractivity contribution in [3.8, 4) is 0 Å². The Hall–Kier alpha value is -0.540. The first-order valence-corrected chi connectivity index (χ1v) is 6.79. The van der Waals surface area contributed by atoms with E-state index in [4.69, 9.17) is 5.73 Å². The first-order valence-electron chi connectivity index (χ1n) is 6.00. The molecule has 3 N–H and O–H groups in total. The number of nitrogens with one attached hydrogen (secondary N) is 1. The zero-order valence-electron chi connectivity index (χ0n) is 9.51. The van der Waals surface area contributed by atoms with Gasteiger partial charge in [0.15, 0.2) is 0 Å². The molecule has 1 aromatic carbocycles. The SMILES string of the molecule is Nc1ccc(Br)cc1CCC1CCCNC1. The maximum absolute atomic E-state index is 5.97. The predicted octanol–water partition coefficient (Wildman–Crippen LogP) is 2.96. The highest BCUT2D eigenvalue weighted by molar-refractivity contribution is 9.10. The fraction of sp³-hybridized carbons (Fsp3) is 0.538. The third kappa shape index (κ3) is 3.22. The number of piperidine rings is 1. The number of hydrogen-bond donors (Lipinski definition) is 2. The molecule has 0 amide bonds. The molecule has 1 aliphatic rings. The summed E-state index contributed by atoms with van der Waals surface area (Å²) < 4.78 is 1.12. The van der Waals surface area contributed by atoms with Gasteiger partial charge in [0.05, 0.1) is 0 Å². The molecule has 2 nitrogen and oxygen atoms in total. The summed E-state index contributed by atoms with van der Waals surface area (Å²) in [6.07, 6.45) is 5.02. The molecule has 88 valence electrons. The Morgan fingerprint density at radius 1 is 1.44 bits per heavy atom. The van der Waals surface area contributed by atoms with Gasteiger partial charge in [0.1, 0.15) is 0 Å². The third-order valence-corrected chi connectivity index (χ3v) is 3.82. The Kier molecular flexibility index (Phi) is 4.24. The molecule has 1 heterocycles. The Balaban J connectivity index is 1.90. The van der Waals surface area contributed by atoms with Gasteiger partial charge < -0.3 is 11.1 Å². The van der Waals surface area contributed by atoms with Crippen molar-refractivity contribution >= 4 is 21.6 Å². The van der Waals surface area contributed by atoms with Crippen LogP contribution in [0.4, 0.5) is 5.69 Å². The van der Waals surface area contributed by atoms with Crippen molar-refractivity contribution in [2.24, 2.45) is 5.92 Å². The number of benzene rings is 1. The quantitative estimate of drug-likeness (QED) is 0.837. The molecular formula is C13H19BrN2. The molecule has 0 spiro atoms. The van der Waals surface area contributed by atoms with Gasteiger partial charge >= 0.3 is 0 Å². The average molecular weight is 283 g/mol. The minimum absolute atomic E-state index is 0.826. The summed E-state index contributed by atoms with van der Waals surface area (Å²) in [4.78, 5) is 0. The smallest absolute Gasteiger partial charge is 0.0347 e. The van der Waals surface area contributed by atoms with E-state index in [2.05, 4.69) is 27.3 Å². The molecule has 3 heteroatoms. The topological polar surface area (TPSA) is 38.0 Å². The molecule has 0 saturated carbocycles. The minimum atomic E-state index is 0.826. The summed E-state index contributed by atoms with van der Waals surface area (Å²) in [5.41, 5.74) is 8.17. The second kappa shape index (κ2) is 5.69. The fourth-order valence-corrected chi connectivity index (χ4v) is 2.73. The van der Waals surface area contributed by atoms with Crippen LogP contribution >= 0.6 is 15.9 Å². The van der Waals surface area contributed by atoms with Crippen LogP contribution in [0.5, 0.6) is 0 Å². The number of rotatable bonds is 3. The van der Waals surface area contributed by atoms with E-state index in [1.807, 2.05) is 12.1 Å². The summed E-state index contributed by atoms with van der Waals surface area (Å²) >= 11 is 3.49. The standard InChI is InChI=1S/C13H19BrN2/c14-12-5-6-13(15)11(8-12)4-3-10-2-1-7-16-9-10/h5-6,8,10,16H,1-4,7,9,15H2. The second-order valence-electron chi connectivity index (χ2n) is 4.59. The normalized spacial score (nSPS) is 20.9. The van der Waals surface area contributed by atoms with E-state index in [-0.39, 0.29) is 0 Å². The molecule has 1 fully saturated rings. The number of anilines is 1. The van der Waals surface area contributed by atoms with Crippen LogP contribution in [0.2, 0.25) is 0 Å². The highest BCUT2D eigenvalue weighted by Crippen LogP contribution is 2.23. The van der Waals surface area contributed by atoms with Crippen molar-refractivity contribution in [1.82, 2.24) is 5.32 Å². The summed E-state index contributed by atoms with van der Waals surface area (Å²) in [6, 6.07) is 6.13. The number of halogens is 1. The highest BCUT2D eigenvalue weighted by atomic mass is 79.9. The van der Waals surface area contributed by atoms with E-state index in [0.29, 0.717) is 0 Å². The van der Waals surface area contributed by atoms with Gasteiger partial charge in [-0.05, 0) is 68.5 Å². The lowest BCUT2D eigenvalue weighted by Crippen LogP contribution is -2.29. The first-order chi connectivity index (χ1) is 7.75. The molecule has 16 heavy (non-hydrogen) atoms. The van der Waals surface area contributed by atoms with Gasteiger partial charge in [-0.2, -0.15) is 0 Å². The largest absolute Gasteiger partial charge is 0.399 e. The Morgan fingerprint density at radius 3 is 3.06 bits per heavy atom. The third-order valence-electron chi connectivity index (χ3n) is 3.33. The lowest BCUT2D eigenvalue weighted by atomic mass is 9.92. The van der Waals surface area contributed by atoms with Gasteiger partial charge in [-0.25, -0.2) is 0 Å². The van der Waals surface area contributed by atoms with Crippen LogP contribution in [0.25, 0.3) is 0 Å². The lowest BCUT2D eigenvalue weighted by molar-refractivity contribution is 0.358. The van der Waals surface area contributed by atoms with Crippen molar-refractivity contribution in [2.75, 3.05) is 18.8 Å². The second-order valence-corrected chi connectivity index (χ2v) is 5.51. The van der Waals surface area contributed by atoms with Gasteiger partial charge in [-0.1, -0.05) is 15.9 Å². The van der Waals surface area contributed by atoms with E-state index in [9.17, 15) is 0 Å². The highest BCUT2D eigenvalue weighted by Gasteiger charge is 2.13. The Bertz CT molecular complexity index is 346. The summed E-state index contributed by atoms with van der Waals surface area (Å²) in [5.74, 6) is 0.826. The monoisotopic (exact) mass is 282 g/mol. The number of hydrogen-bond acceptors (Lipinski definition) is 2. The minimum Gasteiger partial charge on any atom is -0.399 e. The van der Waals surface area contributed by atoms with Crippen LogP contribution in [-0.4, -0.2) is 13.1 Å².